The molecule has 6 heteroatoms. The number of amides is 1. The zero-order chi connectivity index (χ0) is 23.7. The van der Waals surface area contributed by atoms with E-state index < -0.39 is 0 Å². The molecule has 0 radical (unpaired) electrons. The van der Waals surface area contributed by atoms with Crippen molar-refractivity contribution >= 4 is 40.0 Å². The summed E-state index contributed by atoms with van der Waals surface area (Å²) in [6.45, 7) is 10.5. The summed E-state index contributed by atoms with van der Waals surface area (Å²) in [5.74, 6) is 0.834. The molecule has 0 aliphatic rings. The Labute approximate surface area is 198 Å². The molecule has 1 amide bonds. The van der Waals surface area contributed by atoms with E-state index in [2.05, 4.69) is 57.3 Å². The van der Waals surface area contributed by atoms with Crippen molar-refractivity contribution in [1.82, 2.24) is 9.38 Å². The SMILES string of the molecule is Cc1cc(SCC(=O)Nc2c(C(C)C)cccc2C(C)C)n2c(nc3ccccc32)c1C#N. The standard InChI is InChI=1S/C27H28N4OS/c1-16(2)19-9-8-10-20(17(3)4)26(19)30-24(32)15-33-25-13-18(5)21(14-28)27-29-22-11-6-7-12-23(22)31(25)27/h6-13,16-17H,15H2,1-5H3,(H,30,32). The van der Waals surface area contributed by atoms with Crippen LogP contribution in [0.1, 0.15) is 61.8 Å². The molecule has 0 saturated heterocycles. The minimum Gasteiger partial charge on any atom is -0.325 e. The van der Waals surface area contributed by atoms with Crippen LogP contribution < -0.4 is 5.32 Å². The Morgan fingerprint density at radius 1 is 1.09 bits per heavy atom. The number of rotatable bonds is 6. The van der Waals surface area contributed by atoms with Crippen LogP contribution in [-0.2, 0) is 4.79 Å². The van der Waals surface area contributed by atoms with Crippen molar-refractivity contribution in [2.24, 2.45) is 0 Å². The van der Waals surface area contributed by atoms with Crippen molar-refractivity contribution in [3.63, 3.8) is 0 Å². The number of hydrogen-bond donors (Lipinski definition) is 1. The van der Waals surface area contributed by atoms with Gasteiger partial charge >= 0.3 is 0 Å². The molecule has 168 valence electrons. The lowest BCUT2D eigenvalue weighted by Gasteiger charge is -2.20. The highest BCUT2D eigenvalue weighted by Gasteiger charge is 2.18. The van der Waals surface area contributed by atoms with Crippen LogP contribution in [0.3, 0.4) is 0 Å². The van der Waals surface area contributed by atoms with Gasteiger partial charge in [0.2, 0.25) is 5.91 Å². The fourth-order valence-corrected chi connectivity index (χ4v) is 5.09. The van der Waals surface area contributed by atoms with Crippen molar-refractivity contribution in [3.8, 4) is 6.07 Å². The first kappa shape index (κ1) is 22.9. The van der Waals surface area contributed by atoms with E-state index in [0.29, 0.717) is 23.0 Å². The smallest absolute Gasteiger partial charge is 0.234 e. The normalized spacial score (nSPS) is 11.5. The van der Waals surface area contributed by atoms with Gasteiger partial charge in [-0.2, -0.15) is 5.26 Å². The van der Waals surface area contributed by atoms with Crippen LogP contribution in [-0.4, -0.2) is 21.0 Å². The average Bonchev–Trinajstić information content (AvgIpc) is 3.16. The maximum Gasteiger partial charge on any atom is 0.234 e. The molecule has 0 unspecified atom stereocenters. The minimum absolute atomic E-state index is 0.0467. The van der Waals surface area contributed by atoms with Crippen LogP contribution >= 0.6 is 11.8 Å². The predicted molar refractivity (Wildman–Crippen MR) is 136 cm³/mol. The summed E-state index contributed by atoms with van der Waals surface area (Å²) in [4.78, 5) is 17.8. The minimum atomic E-state index is -0.0467. The number of benzene rings is 2. The molecule has 33 heavy (non-hydrogen) atoms. The third-order valence-electron chi connectivity index (χ3n) is 5.84. The topological polar surface area (TPSA) is 70.2 Å². The number of hydrogen-bond acceptors (Lipinski definition) is 4. The van der Waals surface area contributed by atoms with Crippen LogP contribution in [0.4, 0.5) is 5.69 Å². The number of para-hydroxylation sites is 3. The molecule has 2 aromatic heterocycles. The molecule has 4 aromatic rings. The lowest BCUT2D eigenvalue weighted by atomic mass is 9.92. The number of carbonyl (C=O) groups is 1. The third kappa shape index (κ3) is 4.34. The number of aryl methyl sites for hydroxylation is 1. The number of nitrogens with zero attached hydrogens (tertiary/aromatic N) is 3. The maximum atomic E-state index is 13.1. The fraction of sp³-hybridized carbons (Fsp3) is 0.296. The molecule has 0 saturated carbocycles. The summed E-state index contributed by atoms with van der Waals surface area (Å²) in [6, 6.07) is 18.3. The van der Waals surface area contributed by atoms with Gasteiger partial charge in [-0.05, 0) is 53.6 Å². The van der Waals surface area contributed by atoms with Crippen LogP contribution in [0.15, 0.2) is 53.6 Å². The van der Waals surface area contributed by atoms with Crippen LogP contribution in [0, 0.1) is 18.3 Å². The van der Waals surface area contributed by atoms with Gasteiger partial charge in [0.05, 0.1) is 27.4 Å². The Kier molecular flexibility index (Phi) is 6.44. The molecule has 0 bridgehead atoms. The summed E-state index contributed by atoms with van der Waals surface area (Å²) in [6.07, 6.45) is 0. The maximum absolute atomic E-state index is 13.1. The summed E-state index contributed by atoms with van der Waals surface area (Å²) >= 11 is 1.46. The van der Waals surface area contributed by atoms with E-state index in [1.54, 1.807) is 0 Å². The predicted octanol–water partition coefficient (Wildman–Crippen LogP) is 6.65. The van der Waals surface area contributed by atoms with E-state index in [1.807, 2.05) is 41.7 Å². The second-order valence-corrected chi connectivity index (χ2v) is 9.87. The van der Waals surface area contributed by atoms with Crippen molar-refractivity contribution in [2.75, 3.05) is 11.1 Å². The zero-order valence-electron chi connectivity index (χ0n) is 19.6. The van der Waals surface area contributed by atoms with Gasteiger partial charge in [0.1, 0.15) is 6.07 Å². The summed E-state index contributed by atoms with van der Waals surface area (Å²) < 4.78 is 1.99. The highest BCUT2D eigenvalue weighted by molar-refractivity contribution is 7.99. The molecule has 4 rings (SSSR count). The number of nitriles is 1. The monoisotopic (exact) mass is 456 g/mol. The zero-order valence-corrected chi connectivity index (χ0v) is 20.5. The van der Waals surface area contributed by atoms with E-state index in [4.69, 9.17) is 4.98 Å². The molecule has 0 atom stereocenters. The van der Waals surface area contributed by atoms with Crippen LogP contribution in [0.5, 0.6) is 0 Å². The van der Waals surface area contributed by atoms with E-state index >= 15 is 0 Å². The largest absolute Gasteiger partial charge is 0.325 e. The number of carbonyl (C=O) groups excluding carboxylic acids is 1. The molecule has 0 aliphatic heterocycles. The molecule has 0 spiro atoms. The first-order valence-electron chi connectivity index (χ1n) is 11.2. The van der Waals surface area contributed by atoms with Gasteiger partial charge in [0.25, 0.3) is 0 Å². The first-order chi connectivity index (χ1) is 15.8. The summed E-state index contributed by atoms with van der Waals surface area (Å²) in [7, 11) is 0. The van der Waals surface area contributed by atoms with Gasteiger partial charge in [0.15, 0.2) is 5.65 Å². The molecule has 0 aliphatic carbocycles. The van der Waals surface area contributed by atoms with Crippen molar-refractivity contribution in [1.29, 1.82) is 5.26 Å². The van der Waals surface area contributed by atoms with E-state index in [9.17, 15) is 10.1 Å². The fourth-order valence-electron chi connectivity index (χ4n) is 4.17. The van der Waals surface area contributed by atoms with Crippen molar-refractivity contribution < 1.29 is 4.79 Å². The Morgan fingerprint density at radius 3 is 2.39 bits per heavy atom. The number of nitrogens with one attached hydrogen (secondary N) is 1. The Balaban J connectivity index is 1.67. The first-order valence-corrected chi connectivity index (χ1v) is 12.2. The van der Waals surface area contributed by atoms with Gasteiger partial charge in [-0.1, -0.05) is 69.8 Å². The quantitative estimate of drug-likeness (QED) is 0.330. The molecule has 5 nitrogen and oxygen atoms in total. The molecule has 2 aromatic carbocycles. The lowest BCUT2D eigenvalue weighted by molar-refractivity contribution is -0.113. The number of thioether (sulfide) groups is 1. The molecule has 1 N–H and O–H groups in total. The van der Waals surface area contributed by atoms with Crippen LogP contribution in [0.2, 0.25) is 0 Å². The summed E-state index contributed by atoms with van der Waals surface area (Å²) in [5, 5.41) is 13.8. The van der Waals surface area contributed by atoms with Crippen molar-refractivity contribution in [3.05, 3.63) is 70.8 Å². The van der Waals surface area contributed by atoms with E-state index in [0.717, 1.165) is 38.4 Å². The number of aromatic nitrogens is 2. The molecule has 2 heterocycles. The summed E-state index contributed by atoms with van der Waals surface area (Å²) in [5.41, 5.74) is 7.05. The Hall–Kier alpha value is -3.30. The van der Waals surface area contributed by atoms with Gasteiger partial charge in [-0.25, -0.2) is 4.98 Å². The Bertz CT molecular complexity index is 1370. The van der Waals surface area contributed by atoms with E-state index in [1.165, 1.54) is 11.8 Å². The number of fused-ring (bicyclic) bond motifs is 3. The Morgan fingerprint density at radius 2 is 1.76 bits per heavy atom. The average molecular weight is 457 g/mol. The van der Waals surface area contributed by atoms with Gasteiger partial charge in [-0.15, -0.1) is 0 Å². The number of anilines is 1. The highest BCUT2D eigenvalue weighted by Crippen LogP contribution is 2.33. The van der Waals surface area contributed by atoms with Crippen molar-refractivity contribution in [2.45, 2.75) is 51.5 Å². The molecular weight excluding hydrogens is 428 g/mol. The number of imidazole rings is 1. The third-order valence-corrected chi connectivity index (χ3v) is 6.84. The van der Waals surface area contributed by atoms with Gasteiger partial charge in [-0.3, -0.25) is 9.20 Å². The second kappa shape index (κ2) is 9.29. The second-order valence-electron chi connectivity index (χ2n) is 8.87. The molecular formula is C27H28N4OS. The highest BCUT2D eigenvalue weighted by atomic mass is 32.2. The van der Waals surface area contributed by atoms with Gasteiger partial charge < -0.3 is 5.32 Å². The molecule has 0 fully saturated rings. The van der Waals surface area contributed by atoms with Crippen LogP contribution in [0.25, 0.3) is 16.7 Å². The number of pyridine rings is 1. The lowest BCUT2D eigenvalue weighted by Crippen LogP contribution is -2.18. The van der Waals surface area contributed by atoms with E-state index in [-0.39, 0.29) is 11.7 Å². The van der Waals surface area contributed by atoms with Gasteiger partial charge in [0, 0.05) is 5.69 Å².